The number of aliphatic hydroxyl groups is 1. The fourth-order valence-electron chi connectivity index (χ4n) is 2.17. The third-order valence-electron chi connectivity index (χ3n) is 3.30. The van der Waals surface area contributed by atoms with E-state index in [9.17, 15) is 5.11 Å². The van der Waals surface area contributed by atoms with Gasteiger partial charge in [0.25, 0.3) is 0 Å². The van der Waals surface area contributed by atoms with Crippen LogP contribution in [0.2, 0.25) is 0 Å². The quantitative estimate of drug-likeness (QED) is 0.843. The lowest BCUT2D eigenvalue weighted by Crippen LogP contribution is -2.29. The first-order valence-corrected chi connectivity index (χ1v) is 7.53. The van der Waals surface area contributed by atoms with Gasteiger partial charge in [0.1, 0.15) is 0 Å². The molecule has 1 aromatic rings. The van der Waals surface area contributed by atoms with Crippen molar-refractivity contribution in [2.24, 2.45) is 5.92 Å². The van der Waals surface area contributed by atoms with Crippen molar-refractivity contribution < 1.29 is 5.11 Å². The molecule has 1 unspecified atom stereocenters. The topological polar surface area (TPSA) is 32.3 Å². The van der Waals surface area contributed by atoms with Crippen LogP contribution in [-0.4, -0.2) is 29.7 Å². The van der Waals surface area contributed by atoms with Crippen LogP contribution >= 0.6 is 11.8 Å². The lowest BCUT2D eigenvalue weighted by molar-refractivity contribution is 0.172. The summed E-state index contributed by atoms with van der Waals surface area (Å²) in [6.07, 6.45) is 2.26. The Morgan fingerprint density at radius 3 is 2.65 bits per heavy atom. The molecule has 1 atom stereocenters. The molecule has 17 heavy (non-hydrogen) atoms. The van der Waals surface area contributed by atoms with Crippen molar-refractivity contribution in [2.45, 2.75) is 18.9 Å². The van der Waals surface area contributed by atoms with Crippen LogP contribution in [0, 0.1) is 5.92 Å². The Balaban J connectivity index is 1.67. The molecule has 1 fully saturated rings. The predicted molar refractivity (Wildman–Crippen MR) is 74.3 cm³/mol. The molecule has 94 valence electrons. The third kappa shape index (κ3) is 4.34. The van der Waals surface area contributed by atoms with E-state index in [0.29, 0.717) is 6.54 Å². The SMILES string of the molecule is OC(CNCC1CCSCC1)c1ccccc1. The van der Waals surface area contributed by atoms with E-state index in [4.69, 9.17) is 0 Å². The fraction of sp³-hybridized carbons (Fsp3) is 0.571. The Morgan fingerprint density at radius 1 is 1.24 bits per heavy atom. The van der Waals surface area contributed by atoms with Crippen molar-refractivity contribution in [2.75, 3.05) is 24.6 Å². The lowest BCUT2D eigenvalue weighted by atomic mass is 10.0. The van der Waals surface area contributed by atoms with Crippen molar-refractivity contribution in [3.05, 3.63) is 35.9 Å². The number of nitrogens with one attached hydrogen (secondary N) is 1. The largest absolute Gasteiger partial charge is 0.387 e. The van der Waals surface area contributed by atoms with Gasteiger partial charge in [-0.15, -0.1) is 0 Å². The summed E-state index contributed by atoms with van der Waals surface area (Å²) in [5.41, 5.74) is 0.999. The lowest BCUT2D eigenvalue weighted by Gasteiger charge is -2.22. The van der Waals surface area contributed by atoms with Gasteiger partial charge in [0.2, 0.25) is 0 Å². The van der Waals surface area contributed by atoms with E-state index >= 15 is 0 Å². The van der Waals surface area contributed by atoms with Gasteiger partial charge in [0.15, 0.2) is 0 Å². The van der Waals surface area contributed by atoms with E-state index in [0.717, 1.165) is 18.0 Å². The average Bonchev–Trinajstić information content (AvgIpc) is 2.41. The second kappa shape index (κ2) is 7.04. The van der Waals surface area contributed by atoms with Crippen LogP contribution in [0.5, 0.6) is 0 Å². The monoisotopic (exact) mass is 251 g/mol. The minimum atomic E-state index is -0.380. The Bertz CT molecular complexity index is 311. The molecule has 0 bridgehead atoms. The molecule has 2 nitrogen and oxygen atoms in total. The smallest absolute Gasteiger partial charge is 0.0914 e. The maximum atomic E-state index is 9.98. The van der Waals surface area contributed by atoms with Crippen LogP contribution in [-0.2, 0) is 0 Å². The Morgan fingerprint density at radius 2 is 1.94 bits per heavy atom. The number of aliphatic hydroxyl groups excluding tert-OH is 1. The van der Waals surface area contributed by atoms with Gasteiger partial charge in [-0.25, -0.2) is 0 Å². The van der Waals surface area contributed by atoms with Crippen molar-refractivity contribution in [3.8, 4) is 0 Å². The van der Waals surface area contributed by atoms with Crippen LogP contribution in [0.4, 0.5) is 0 Å². The molecule has 0 spiro atoms. The molecule has 0 aromatic heterocycles. The zero-order valence-electron chi connectivity index (χ0n) is 10.1. The van der Waals surface area contributed by atoms with Crippen molar-refractivity contribution >= 4 is 11.8 Å². The van der Waals surface area contributed by atoms with E-state index in [1.54, 1.807) is 0 Å². The highest BCUT2D eigenvalue weighted by molar-refractivity contribution is 7.99. The number of hydrogen-bond donors (Lipinski definition) is 2. The van der Waals surface area contributed by atoms with E-state index in [1.165, 1.54) is 24.3 Å². The Kier molecular flexibility index (Phi) is 5.36. The maximum absolute atomic E-state index is 9.98. The molecule has 1 aliphatic rings. The summed E-state index contributed by atoms with van der Waals surface area (Å²) < 4.78 is 0. The summed E-state index contributed by atoms with van der Waals surface area (Å²) in [5, 5.41) is 13.4. The standard InChI is InChI=1S/C14H21NOS/c16-14(13-4-2-1-3-5-13)11-15-10-12-6-8-17-9-7-12/h1-5,12,14-16H,6-11H2. The minimum absolute atomic E-state index is 0.380. The Labute approximate surface area is 108 Å². The molecule has 2 N–H and O–H groups in total. The molecule has 2 rings (SSSR count). The molecule has 0 saturated carbocycles. The van der Waals surface area contributed by atoms with Crippen LogP contribution in [0.25, 0.3) is 0 Å². The van der Waals surface area contributed by atoms with Gasteiger partial charge in [0.05, 0.1) is 6.10 Å². The van der Waals surface area contributed by atoms with Crippen LogP contribution < -0.4 is 5.32 Å². The molecular weight excluding hydrogens is 230 g/mol. The van der Waals surface area contributed by atoms with Gasteiger partial charge >= 0.3 is 0 Å². The van der Waals surface area contributed by atoms with Gasteiger partial charge < -0.3 is 10.4 Å². The van der Waals surface area contributed by atoms with E-state index in [2.05, 4.69) is 17.1 Å². The highest BCUT2D eigenvalue weighted by Gasteiger charge is 2.14. The zero-order chi connectivity index (χ0) is 11.9. The van der Waals surface area contributed by atoms with Crippen molar-refractivity contribution in [1.29, 1.82) is 0 Å². The van der Waals surface area contributed by atoms with Gasteiger partial charge in [0, 0.05) is 6.54 Å². The number of thioether (sulfide) groups is 1. The Hall–Kier alpha value is -0.510. The normalized spacial score (nSPS) is 19.1. The van der Waals surface area contributed by atoms with E-state index < -0.39 is 0 Å². The van der Waals surface area contributed by atoms with Crippen LogP contribution in [0.3, 0.4) is 0 Å². The summed E-state index contributed by atoms with van der Waals surface area (Å²) in [6, 6.07) is 9.87. The van der Waals surface area contributed by atoms with Crippen LogP contribution in [0.1, 0.15) is 24.5 Å². The van der Waals surface area contributed by atoms with E-state index in [1.807, 2.05) is 30.3 Å². The van der Waals surface area contributed by atoms with Gasteiger partial charge in [-0.1, -0.05) is 30.3 Å². The average molecular weight is 251 g/mol. The number of hydrogen-bond acceptors (Lipinski definition) is 3. The molecule has 1 aliphatic heterocycles. The minimum Gasteiger partial charge on any atom is -0.387 e. The molecule has 1 heterocycles. The molecule has 0 aliphatic carbocycles. The number of rotatable bonds is 5. The molecule has 3 heteroatoms. The van der Waals surface area contributed by atoms with Gasteiger partial charge in [-0.3, -0.25) is 0 Å². The highest BCUT2D eigenvalue weighted by atomic mass is 32.2. The second-order valence-electron chi connectivity index (χ2n) is 4.64. The summed E-state index contributed by atoms with van der Waals surface area (Å²) in [6.45, 7) is 1.71. The van der Waals surface area contributed by atoms with Crippen molar-refractivity contribution in [1.82, 2.24) is 5.32 Å². The summed E-state index contributed by atoms with van der Waals surface area (Å²) in [7, 11) is 0. The summed E-state index contributed by atoms with van der Waals surface area (Å²) in [4.78, 5) is 0. The van der Waals surface area contributed by atoms with E-state index in [-0.39, 0.29) is 6.10 Å². The predicted octanol–water partition coefficient (Wildman–Crippen LogP) is 2.45. The van der Waals surface area contributed by atoms with Gasteiger partial charge in [-0.2, -0.15) is 11.8 Å². The number of benzene rings is 1. The zero-order valence-corrected chi connectivity index (χ0v) is 11.0. The van der Waals surface area contributed by atoms with Gasteiger partial charge in [-0.05, 0) is 42.4 Å². The molecule has 1 saturated heterocycles. The fourth-order valence-corrected chi connectivity index (χ4v) is 3.37. The summed E-state index contributed by atoms with van der Waals surface area (Å²) in [5.74, 6) is 3.40. The molecule has 0 radical (unpaired) electrons. The van der Waals surface area contributed by atoms with Crippen LogP contribution in [0.15, 0.2) is 30.3 Å². The van der Waals surface area contributed by atoms with Crippen molar-refractivity contribution in [3.63, 3.8) is 0 Å². The first-order valence-electron chi connectivity index (χ1n) is 6.38. The first-order chi connectivity index (χ1) is 8.36. The second-order valence-corrected chi connectivity index (χ2v) is 5.87. The molecule has 0 amide bonds. The summed E-state index contributed by atoms with van der Waals surface area (Å²) >= 11 is 2.06. The maximum Gasteiger partial charge on any atom is 0.0914 e. The first kappa shape index (κ1) is 12.9. The molecular formula is C14H21NOS. The molecule has 1 aromatic carbocycles. The third-order valence-corrected chi connectivity index (χ3v) is 4.34. The highest BCUT2D eigenvalue weighted by Crippen LogP contribution is 2.22.